The maximum absolute atomic E-state index is 5.54. The first-order chi connectivity index (χ1) is 7.79. The van der Waals surface area contributed by atoms with Crippen LogP contribution < -0.4 is 15.0 Å². The van der Waals surface area contributed by atoms with Gasteiger partial charge in [-0.05, 0) is 39.1 Å². The summed E-state index contributed by atoms with van der Waals surface area (Å²) in [6.07, 6.45) is 2.89. The number of hydrogen-bond donors (Lipinski definition) is 1. The Kier molecular flexibility index (Phi) is 5.64. The van der Waals surface area contributed by atoms with Crippen molar-refractivity contribution in [2.75, 3.05) is 38.7 Å². The molecule has 0 aromatic carbocycles. The van der Waals surface area contributed by atoms with E-state index in [0.29, 0.717) is 6.61 Å². The highest BCUT2D eigenvalue weighted by Gasteiger charge is 2.08. The van der Waals surface area contributed by atoms with Crippen molar-refractivity contribution in [2.24, 2.45) is 0 Å². The predicted octanol–water partition coefficient (Wildman–Crippen LogP) is 1.53. The summed E-state index contributed by atoms with van der Waals surface area (Å²) in [7, 11) is 4.01. The number of pyridine rings is 1. The minimum atomic E-state index is 0.670. The SMILES string of the molecule is CCOc1cccnc1N(C)CCCNC. The predicted molar refractivity (Wildman–Crippen MR) is 67.2 cm³/mol. The highest BCUT2D eigenvalue weighted by Crippen LogP contribution is 2.23. The Balaban J connectivity index is 2.62. The Bertz CT molecular complexity index is 304. The minimum Gasteiger partial charge on any atom is -0.490 e. The lowest BCUT2D eigenvalue weighted by Gasteiger charge is -2.20. The van der Waals surface area contributed by atoms with Gasteiger partial charge in [-0.15, -0.1) is 0 Å². The third kappa shape index (κ3) is 3.70. The Morgan fingerprint density at radius 3 is 3.00 bits per heavy atom. The van der Waals surface area contributed by atoms with Gasteiger partial charge in [0, 0.05) is 19.8 Å². The van der Waals surface area contributed by atoms with Crippen LogP contribution >= 0.6 is 0 Å². The van der Waals surface area contributed by atoms with Gasteiger partial charge in [0.05, 0.1) is 6.61 Å². The van der Waals surface area contributed by atoms with Crippen molar-refractivity contribution in [2.45, 2.75) is 13.3 Å². The van der Waals surface area contributed by atoms with Crippen LogP contribution in [0.3, 0.4) is 0 Å². The number of aromatic nitrogens is 1. The molecule has 0 aliphatic heterocycles. The van der Waals surface area contributed by atoms with Gasteiger partial charge in [0.15, 0.2) is 11.6 Å². The van der Waals surface area contributed by atoms with E-state index in [4.69, 9.17) is 4.74 Å². The lowest BCUT2D eigenvalue weighted by Crippen LogP contribution is -2.23. The van der Waals surface area contributed by atoms with Crippen LogP contribution in [-0.4, -0.2) is 38.8 Å². The molecular weight excluding hydrogens is 202 g/mol. The molecule has 1 N–H and O–H groups in total. The average molecular weight is 223 g/mol. The lowest BCUT2D eigenvalue weighted by atomic mass is 10.3. The molecule has 16 heavy (non-hydrogen) atoms. The van der Waals surface area contributed by atoms with Gasteiger partial charge in [0.1, 0.15) is 0 Å². The third-order valence-corrected chi connectivity index (χ3v) is 2.33. The van der Waals surface area contributed by atoms with E-state index in [9.17, 15) is 0 Å². The smallest absolute Gasteiger partial charge is 0.171 e. The monoisotopic (exact) mass is 223 g/mol. The third-order valence-electron chi connectivity index (χ3n) is 2.33. The summed E-state index contributed by atoms with van der Waals surface area (Å²) in [4.78, 5) is 6.48. The van der Waals surface area contributed by atoms with Gasteiger partial charge in [-0.25, -0.2) is 4.98 Å². The molecule has 1 heterocycles. The Morgan fingerprint density at radius 1 is 1.50 bits per heavy atom. The van der Waals surface area contributed by atoms with E-state index < -0.39 is 0 Å². The number of rotatable bonds is 7. The van der Waals surface area contributed by atoms with E-state index in [-0.39, 0.29) is 0 Å². The van der Waals surface area contributed by atoms with Crippen molar-refractivity contribution in [3.8, 4) is 5.75 Å². The van der Waals surface area contributed by atoms with E-state index >= 15 is 0 Å². The summed E-state index contributed by atoms with van der Waals surface area (Å²) in [5, 5.41) is 3.14. The normalized spacial score (nSPS) is 10.2. The summed E-state index contributed by atoms with van der Waals surface area (Å²) < 4.78 is 5.54. The summed E-state index contributed by atoms with van der Waals surface area (Å²) in [5.41, 5.74) is 0. The van der Waals surface area contributed by atoms with Crippen molar-refractivity contribution in [1.82, 2.24) is 10.3 Å². The first kappa shape index (κ1) is 12.8. The molecule has 0 unspecified atom stereocenters. The molecule has 0 aliphatic rings. The zero-order valence-corrected chi connectivity index (χ0v) is 10.4. The topological polar surface area (TPSA) is 37.4 Å². The molecule has 0 saturated carbocycles. The number of nitrogens with zero attached hydrogens (tertiary/aromatic N) is 2. The molecule has 0 fully saturated rings. The van der Waals surface area contributed by atoms with Gasteiger partial charge in [-0.3, -0.25) is 0 Å². The lowest BCUT2D eigenvalue weighted by molar-refractivity contribution is 0.339. The van der Waals surface area contributed by atoms with E-state index in [0.717, 1.165) is 31.1 Å². The Hall–Kier alpha value is -1.29. The summed E-state index contributed by atoms with van der Waals surface area (Å²) in [6, 6.07) is 3.86. The first-order valence-electron chi connectivity index (χ1n) is 5.73. The Morgan fingerprint density at radius 2 is 2.31 bits per heavy atom. The summed E-state index contributed by atoms with van der Waals surface area (Å²) >= 11 is 0. The second kappa shape index (κ2) is 7.06. The quantitative estimate of drug-likeness (QED) is 0.711. The van der Waals surface area contributed by atoms with Crippen molar-refractivity contribution >= 4 is 5.82 Å². The van der Waals surface area contributed by atoms with E-state index in [1.807, 2.05) is 33.2 Å². The average Bonchev–Trinajstić information content (AvgIpc) is 2.30. The minimum absolute atomic E-state index is 0.670. The van der Waals surface area contributed by atoms with E-state index in [1.165, 1.54) is 0 Å². The molecule has 0 saturated heterocycles. The Labute approximate surface area is 97.6 Å². The summed E-state index contributed by atoms with van der Waals surface area (Å²) in [5.74, 6) is 1.78. The molecule has 0 atom stereocenters. The number of ether oxygens (including phenoxy) is 1. The molecule has 4 nitrogen and oxygen atoms in total. The van der Waals surface area contributed by atoms with Gasteiger partial charge in [-0.2, -0.15) is 0 Å². The molecule has 1 aromatic heterocycles. The number of hydrogen-bond acceptors (Lipinski definition) is 4. The van der Waals surface area contributed by atoms with Gasteiger partial charge >= 0.3 is 0 Å². The first-order valence-corrected chi connectivity index (χ1v) is 5.73. The highest BCUT2D eigenvalue weighted by atomic mass is 16.5. The fourth-order valence-electron chi connectivity index (χ4n) is 1.54. The van der Waals surface area contributed by atoms with Crippen molar-refractivity contribution in [3.63, 3.8) is 0 Å². The maximum atomic E-state index is 5.54. The maximum Gasteiger partial charge on any atom is 0.171 e. The molecule has 1 rings (SSSR count). The van der Waals surface area contributed by atoms with Gasteiger partial charge < -0.3 is 15.0 Å². The molecule has 0 amide bonds. The zero-order chi connectivity index (χ0) is 11.8. The van der Waals surface area contributed by atoms with E-state index in [1.54, 1.807) is 6.20 Å². The largest absolute Gasteiger partial charge is 0.490 e. The number of nitrogens with one attached hydrogen (secondary N) is 1. The van der Waals surface area contributed by atoms with Crippen LogP contribution in [0.2, 0.25) is 0 Å². The second-order valence-corrected chi connectivity index (χ2v) is 3.64. The molecule has 4 heteroatoms. The van der Waals surface area contributed by atoms with Crippen LogP contribution in [0.1, 0.15) is 13.3 Å². The fraction of sp³-hybridized carbons (Fsp3) is 0.583. The van der Waals surface area contributed by atoms with Crippen LogP contribution in [0.25, 0.3) is 0 Å². The molecular formula is C12H21N3O. The molecule has 0 spiro atoms. The van der Waals surface area contributed by atoms with Crippen LogP contribution in [0.4, 0.5) is 5.82 Å². The number of anilines is 1. The highest BCUT2D eigenvalue weighted by molar-refractivity contribution is 5.51. The van der Waals surface area contributed by atoms with Gasteiger partial charge in [0.2, 0.25) is 0 Å². The van der Waals surface area contributed by atoms with Crippen LogP contribution in [0.5, 0.6) is 5.75 Å². The van der Waals surface area contributed by atoms with Crippen molar-refractivity contribution < 1.29 is 4.74 Å². The van der Waals surface area contributed by atoms with Crippen LogP contribution in [-0.2, 0) is 0 Å². The van der Waals surface area contributed by atoms with Gasteiger partial charge in [0.25, 0.3) is 0 Å². The molecule has 90 valence electrons. The standard InChI is InChI=1S/C12H21N3O/c1-4-16-11-7-5-9-14-12(11)15(3)10-6-8-13-2/h5,7,9,13H,4,6,8,10H2,1-3H3. The zero-order valence-electron chi connectivity index (χ0n) is 10.4. The molecule has 1 aromatic rings. The second-order valence-electron chi connectivity index (χ2n) is 3.64. The van der Waals surface area contributed by atoms with E-state index in [2.05, 4.69) is 15.2 Å². The van der Waals surface area contributed by atoms with Crippen molar-refractivity contribution in [1.29, 1.82) is 0 Å². The molecule has 0 radical (unpaired) electrons. The molecule has 0 bridgehead atoms. The van der Waals surface area contributed by atoms with Crippen molar-refractivity contribution in [3.05, 3.63) is 18.3 Å². The molecule has 0 aliphatic carbocycles. The van der Waals surface area contributed by atoms with Crippen LogP contribution in [0.15, 0.2) is 18.3 Å². The van der Waals surface area contributed by atoms with Gasteiger partial charge in [-0.1, -0.05) is 0 Å². The fourth-order valence-corrected chi connectivity index (χ4v) is 1.54. The van der Waals surface area contributed by atoms with Crippen LogP contribution in [0, 0.1) is 0 Å². The summed E-state index contributed by atoms with van der Waals surface area (Å²) in [6.45, 7) is 4.64.